The third-order valence-corrected chi connectivity index (χ3v) is 5.03. The molecule has 31 heavy (non-hydrogen) atoms. The molecule has 5 heteroatoms. The summed E-state index contributed by atoms with van der Waals surface area (Å²) in [7, 11) is 1.59. The van der Waals surface area contributed by atoms with Gasteiger partial charge in [-0.2, -0.15) is 0 Å². The van der Waals surface area contributed by atoms with Gasteiger partial charge in [0.15, 0.2) is 0 Å². The second-order valence-electron chi connectivity index (χ2n) is 8.51. The summed E-state index contributed by atoms with van der Waals surface area (Å²) in [6, 6.07) is 20.0. The Morgan fingerprint density at radius 2 is 1.45 bits per heavy atom. The van der Waals surface area contributed by atoms with E-state index in [1.54, 1.807) is 43.5 Å². The van der Waals surface area contributed by atoms with E-state index in [2.05, 4.69) is 31.4 Å². The molecule has 0 atom stereocenters. The lowest BCUT2D eigenvalue weighted by Crippen LogP contribution is -2.19. The molecule has 0 saturated heterocycles. The molecule has 0 bridgehead atoms. The maximum atomic E-state index is 12.9. The van der Waals surface area contributed by atoms with Crippen LogP contribution in [-0.2, 0) is 5.41 Å². The second-order valence-corrected chi connectivity index (χ2v) is 8.51. The van der Waals surface area contributed by atoms with Crippen molar-refractivity contribution in [2.24, 2.45) is 0 Å². The number of anilines is 2. The van der Waals surface area contributed by atoms with Gasteiger partial charge in [0.05, 0.1) is 18.4 Å². The molecule has 0 unspecified atom stereocenters. The second kappa shape index (κ2) is 9.04. The van der Waals surface area contributed by atoms with Crippen LogP contribution in [0.3, 0.4) is 0 Å². The number of hydrogen-bond donors (Lipinski definition) is 2. The van der Waals surface area contributed by atoms with Crippen LogP contribution >= 0.6 is 0 Å². The van der Waals surface area contributed by atoms with Crippen LogP contribution in [0.2, 0.25) is 0 Å². The molecule has 5 nitrogen and oxygen atoms in total. The van der Waals surface area contributed by atoms with Gasteiger partial charge in [-0.05, 0) is 72.0 Å². The van der Waals surface area contributed by atoms with E-state index in [1.807, 2.05) is 37.3 Å². The molecule has 160 valence electrons. The molecule has 2 amide bonds. The molecule has 0 aliphatic heterocycles. The average Bonchev–Trinajstić information content (AvgIpc) is 2.73. The van der Waals surface area contributed by atoms with Crippen molar-refractivity contribution in [1.82, 2.24) is 0 Å². The van der Waals surface area contributed by atoms with Crippen LogP contribution in [0.15, 0.2) is 66.7 Å². The lowest BCUT2D eigenvalue weighted by atomic mass is 9.86. The highest BCUT2D eigenvalue weighted by Gasteiger charge is 2.17. The quantitative estimate of drug-likeness (QED) is 0.552. The normalized spacial score (nSPS) is 11.0. The Bertz CT molecular complexity index is 1080. The summed E-state index contributed by atoms with van der Waals surface area (Å²) in [5, 5.41) is 5.75. The van der Waals surface area contributed by atoms with Gasteiger partial charge in [0.1, 0.15) is 5.75 Å². The Morgan fingerprint density at radius 1 is 0.806 bits per heavy atom. The number of amides is 2. The molecule has 0 fully saturated rings. The molecule has 0 saturated carbocycles. The summed E-state index contributed by atoms with van der Waals surface area (Å²) in [6.07, 6.45) is 0. The minimum absolute atomic E-state index is 0.0122. The molecule has 0 radical (unpaired) electrons. The highest BCUT2D eigenvalue weighted by atomic mass is 16.5. The van der Waals surface area contributed by atoms with E-state index in [4.69, 9.17) is 4.74 Å². The Balaban J connectivity index is 1.80. The van der Waals surface area contributed by atoms with Gasteiger partial charge < -0.3 is 15.4 Å². The number of aryl methyl sites for hydroxylation is 1. The van der Waals surface area contributed by atoms with Gasteiger partial charge >= 0.3 is 0 Å². The highest BCUT2D eigenvalue weighted by molar-refractivity contribution is 6.12. The van der Waals surface area contributed by atoms with E-state index < -0.39 is 0 Å². The first-order chi connectivity index (χ1) is 14.7. The Morgan fingerprint density at radius 3 is 2.03 bits per heavy atom. The Kier molecular flexibility index (Phi) is 6.44. The van der Waals surface area contributed by atoms with Gasteiger partial charge in [-0.25, -0.2) is 0 Å². The molecule has 0 aromatic heterocycles. The van der Waals surface area contributed by atoms with Crippen LogP contribution in [0, 0.1) is 6.92 Å². The highest BCUT2D eigenvalue weighted by Crippen LogP contribution is 2.24. The van der Waals surface area contributed by atoms with Gasteiger partial charge in [0, 0.05) is 11.3 Å². The zero-order valence-corrected chi connectivity index (χ0v) is 18.6. The number of ether oxygens (including phenoxy) is 1. The zero-order chi connectivity index (χ0) is 22.6. The SMILES string of the molecule is COc1ccc(NC(=O)c2ccc(C)cc2NC(=O)c2ccc(C(C)(C)C)cc2)cc1. The topological polar surface area (TPSA) is 67.4 Å². The van der Waals surface area contributed by atoms with Crippen molar-refractivity contribution in [1.29, 1.82) is 0 Å². The summed E-state index contributed by atoms with van der Waals surface area (Å²) in [5.74, 6) is 0.145. The molecular weight excluding hydrogens is 388 g/mol. The zero-order valence-electron chi connectivity index (χ0n) is 18.6. The fourth-order valence-corrected chi connectivity index (χ4v) is 3.15. The number of methoxy groups -OCH3 is 1. The molecule has 3 aromatic rings. The van der Waals surface area contributed by atoms with Gasteiger partial charge in [0.2, 0.25) is 0 Å². The third-order valence-electron chi connectivity index (χ3n) is 5.03. The van der Waals surface area contributed by atoms with E-state index in [9.17, 15) is 9.59 Å². The minimum Gasteiger partial charge on any atom is -0.497 e. The predicted molar refractivity (Wildman–Crippen MR) is 125 cm³/mol. The number of rotatable bonds is 5. The van der Waals surface area contributed by atoms with Crippen molar-refractivity contribution in [2.45, 2.75) is 33.1 Å². The van der Waals surface area contributed by atoms with Crippen LogP contribution in [0.4, 0.5) is 11.4 Å². The van der Waals surface area contributed by atoms with E-state index in [0.29, 0.717) is 28.3 Å². The number of hydrogen-bond acceptors (Lipinski definition) is 3. The fraction of sp³-hybridized carbons (Fsp3) is 0.231. The molecule has 2 N–H and O–H groups in total. The van der Waals surface area contributed by atoms with Crippen molar-refractivity contribution in [3.8, 4) is 5.75 Å². The smallest absolute Gasteiger partial charge is 0.257 e. The Labute approximate surface area is 183 Å². The maximum absolute atomic E-state index is 12.9. The largest absolute Gasteiger partial charge is 0.497 e. The van der Waals surface area contributed by atoms with Crippen LogP contribution in [0.25, 0.3) is 0 Å². The summed E-state index contributed by atoms with van der Waals surface area (Å²) in [5.41, 5.74) is 4.14. The van der Waals surface area contributed by atoms with E-state index >= 15 is 0 Å². The maximum Gasteiger partial charge on any atom is 0.257 e. The van der Waals surface area contributed by atoms with Crippen molar-refractivity contribution in [2.75, 3.05) is 17.7 Å². The lowest BCUT2D eigenvalue weighted by molar-refractivity contribution is 0.102. The minimum atomic E-state index is -0.302. The first-order valence-electron chi connectivity index (χ1n) is 10.2. The number of benzene rings is 3. The van der Waals surface area contributed by atoms with Gasteiger partial charge in [0.25, 0.3) is 11.8 Å². The molecule has 0 spiro atoms. The lowest BCUT2D eigenvalue weighted by Gasteiger charge is -2.19. The van der Waals surface area contributed by atoms with Crippen molar-refractivity contribution in [3.05, 3.63) is 89.0 Å². The molecule has 0 aliphatic rings. The molecule has 3 aromatic carbocycles. The predicted octanol–water partition coefficient (Wildman–Crippen LogP) is 5.81. The first kappa shape index (κ1) is 22.1. The summed E-state index contributed by atoms with van der Waals surface area (Å²) in [4.78, 5) is 25.7. The van der Waals surface area contributed by atoms with Crippen molar-refractivity contribution in [3.63, 3.8) is 0 Å². The standard InChI is InChI=1S/C26H28N2O3/c1-17-6-15-22(25(30)27-20-11-13-21(31-5)14-12-20)23(16-17)28-24(29)18-7-9-19(10-8-18)26(2,3)4/h6-16H,1-5H3,(H,27,30)(H,28,29). The molecule has 3 rings (SSSR count). The van der Waals surface area contributed by atoms with Crippen LogP contribution in [-0.4, -0.2) is 18.9 Å². The average molecular weight is 417 g/mol. The number of carbonyl (C=O) groups is 2. The fourth-order valence-electron chi connectivity index (χ4n) is 3.15. The first-order valence-corrected chi connectivity index (χ1v) is 10.2. The van der Waals surface area contributed by atoms with E-state index in [0.717, 1.165) is 11.1 Å². The van der Waals surface area contributed by atoms with E-state index in [-0.39, 0.29) is 17.2 Å². The molecule has 0 aliphatic carbocycles. The van der Waals surface area contributed by atoms with Crippen molar-refractivity contribution >= 4 is 23.2 Å². The van der Waals surface area contributed by atoms with Crippen LogP contribution in [0.5, 0.6) is 5.75 Å². The third kappa shape index (κ3) is 5.51. The Hall–Kier alpha value is -3.60. The molecular formula is C26H28N2O3. The molecule has 0 heterocycles. The van der Waals surface area contributed by atoms with Gasteiger partial charge in [-0.1, -0.05) is 39.0 Å². The van der Waals surface area contributed by atoms with E-state index in [1.165, 1.54) is 0 Å². The number of nitrogens with one attached hydrogen (secondary N) is 2. The van der Waals surface area contributed by atoms with Crippen LogP contribution in [0.1, 0.15) is 52.6 Å². The number of carbonyl (C=O) groups excluding carboxylic acids is 2. The van der Waals surface area contributed by atoms with Crippen molar-refractivity contribution < 1.29 is 14.3 Å². The van der Waals surface area contributed by atoms with Gasteiger partial charge in [-0.3, -0.25) is 9.59 Å². The summed E-state index contributed by atoms with van der Waals surface area (Å²) in [6.45, 7) is 8.30. The summed E-state index contributed by atoms with van der Waals surface area (Å²) >= 11 is 0. The monoisotopic (exact) mass is 416 g/mol. The van der Waals surface area contributed by atoms with Gasteiger partial charge in [-0.15, -0.1) is 0 Å². The summed E-state index contributed by atoms with van der Waals surface area (Å²) < 4.78 is 5.14. The van der Waals surface area contributed by atoms with Crippen LogP contribution < -0.4 is 15.4 Å².